The summed E-state index contributed by atoms with van der Waals surface area (Å²) >= 11 is 3.40. The molecule has 2 heterocycles. The molecule has 1 fully saturated rings. The zero-order valence-electron chi connectivity index (χ0n) is 10.6. The topological polar surface area (TPSA) is 38.3 Å². The van der Waals surface area contributed by atoms with Gasteiger partial charge in [-0.1, -0.05) is 6.92 Å². The highest BCUT2D eigenvalue weighted by molar-refractivity contribution is 7.99. The van der Waals surface area contributed by atoms with E-state index in [-0.39, 0.29) is 12.0 Å². The molecule has 0 unspecified atom stereocenters. The summed E-state index contributed by atoms with van der Waals surface area (Å²) in [5.41, 5.74) is 0. The lowest BCUT2D eigenvalue weighted by molar-refractivity contribution is 0.0960. The lowest BCUT2D eigenvalue weighted by Crippen LogP contribution is -2.24. The molecule has 1 atom stereocenters. The Morgan fingerprint density at radius 1 is 1.61 bits per heavy atom. The van der Waals surface area contributed by atoms with Gasteiger partial charge in [0.1, 0.15) is 0 Å². The number of thioether (sulfide) groups is 1. The average molecular weight is 285 g/mol. The Morgan fingerprint density at radius 3 is 3.22 bits per heavy atom. The van der Waals surface area contributed by atoms with Gasteiger partial charge in [-0.2, -0.15) is 11.8 Å². The molecule has 0 radical (unpaired) electrons. The molecule has 0 spiro atoms. The second kappa shape index (κ2) is 7.16. The highest BCUT2D eigenvalue weighted by Gasteiger charge is 2.20. The number of amides is 1. The molecule has 1 amide bonds. The molecule has 1 N–H and O–H groups in total. The molecule has 0 saturated carbocycles. The number of nitrogens with one attached hydrogen (secondary N) is 1. The van der Waals surface area contributed by atoms with E-state index in [4.69, 9.17) is 4.74 Å². The summed E-state index contributed by atoms with van der Waals surface area (Å²) in [4.78, 5) is 13.9. The molecule has 1 aromatic heterocycles. The van der Waals surface area contributed by atoms with E-state index in [2.05, 4.69) is 12.2 Å². The highest BCUT2D eigenvalue weighted by atomic mass is 32.2. The van der Waals surface area contributed by atoms with E-state index in [1.54, 1.807) is 11.3 Å². The second-order valence-corrected chi connectivity index (χ2v) is 6.67. The first-order chi connectivity index (χ1) is 8.81. The van der Waals surface area contributed by atoms with Gasteiger partial charge in [-0.15, -0.1) is 11.3 Å². The smallest absolute Gasteiger partial charge is 0.261 e. The summed E-state index contributed by atoms with van der Waals surface area (Å²) in [6.45, 7) is 3.71. The van der Waals surface area contributed by atoms with Crippen molar-refractivity contribution in [3.05, 3.63) is 21.9 Å². The standard InChI is InChI=1S/C13H19NO2S2/c1-2-17-9-7-14-13(15)12-6-5-11(18-12)10-4-3-8-16-10/h5-6,10H,2-4,7-9H2,1H3,(H,14,15)/t10-/m1/s1. The van der Waals surface area contributed by atoms with Crippen LogP contribution < -0.4 is 5.32 Å². The van der Waals surface area contributed by atoms with Crippen LogP contribution in [0.2, 0.25) is 0 Å². The van der Waals surface area contributed by atoms with Crippen LogP contribution in [0.4, 0.5) is 0 Å². The Morgan fingerprint density at radius 2 is 2.50 bits per heavy atom. The molecule has 0 aromatic carbocycles. The number of ether oxygens (including phenoxy) is 1. The van der Waals surface area contributed by atoms with E-state index < -0.39 is 0 Å². The maximum atomic E-state index is 11.9. The van der Waals surface area contributed by atoms with Gasteiger partial charge in [0, 0.05) is 23.8 Å². The molecule has 3 nitrogen and oxygen atoms in total. The fraction of sp³-hybridized carbons (Fsp3) is 0.615. The molecule has 1 saturated heterocycles. The first-order valence-corrected chi connectivity index (χ1v) is 8.35. The maximum Gasteiger partial charge on any atom is 0.261 e. The molecular weight excluding hydrogens is 266 g/mol. The molecule has 100 valence electrons. The third-order valence-corrected chi connectivity index (χ3v) is 4.91. The van der Waals surface area contributed by atoms with Crippen molar-refractivity contribution in [3.8, 4) is 0 Å². The van der Waals surface area contributed by atoms with Crippen LogP contribution >= 0.6 is 23.1 Å². The summed E-state index contributed by atoms with van der Waals surface area (Å²) in [5.74, 6) is 2.12. The Bertz CT molecular complexity index is 386. The zero-order chi connectivity index (χ0) is 12.8. The molecule has 0 aliphatic carbocycles. The first kappa shape index (κ1) is 13.9. The molecule has 1 aliphatic heterocycles. The predicted octanol–water partition coefficient (Wildman–Crippen LogP) is 3.08. The number of hydrogen-bond donors (Lipinski definition) is 1. The van der Waals surface area contributed by atoms with Crippen LogP contribution in [-0.2, 0) is 4.74 Å². The van der Waals surface area contributed by atoms with Crippen LogP contribution in [0.5, 0.6) is 0 Å². The van der Waals surface area contributed by atoms with Gasteiger partial charge < -0.3 is 10.1 Å². The van der Waals surface area contributed by atoms with Crippen molar-refractivity contribution in [2.75, 3.05) is 24.7 Å². The number of carbonyl (C=O) groups is 1. The van der Waals surface area contributed by atoms with E-state index >= 15 is 0 Å². The largest absolute Gasteiger partial charge is 0.373 e. The van der Waals surface area contributed by atoms with Crippen LogP contribution in [-0.4, -0.2) is 30.6 Å². The van der Waals surface area contributed by atoms with E-state index in [0.717, 1.165) is 42.4 Å². The van der Waals surface area contributed by atoms with Crippen molar-refractivity contribution in [1.29, 1.82) is 0 Å². The molecule has 1 aliphatic rings. The minimum Gasteiger partial charge on any atom is -0.373 e. The lowest BCUT2D eigenvalue weighted by atomic mass is 10.2. The Kier molecular flexibility index (Phi) is 5.53. The van der Waals surface area contributed by atoms with Gasteiger partial charge >= 0.3 is 0 Å². The number of rotatable bonds is 6. The molecule has 0 bridgehead atoms. The van der Waals surface area contributed by atoms with E-state index in [0.29, 0.717) is 0 Å². The van der Waals surface area contributed by atoms with Gasteiger partial charge in [-0.25, -0.2) is 0 Å². The van der Waals surface area contributed by atoms with Crippen LogP contribution in [0, 0.1) is 0 Å². The fourth-order valence-electron chi connectivity index (χ4n) is 1.92. The van der Waals surface area contributed by atoms with E-state index in [9.17, 15) is 4.79 Å². The van der Waals surface area contributed by atoms with Crippen LogP contribution in [0.3, 0.4) is 0 Å². The molecular formula is C13H19NO2S2. The maximum absolute atomic E-state index is 11.9. The molecule has 1 aromatic rings. The van der Waals surface area contributed by atoms with Crippen molar-refractivity contribution in [3.63, 3.8) is 0 Å². The summed E-state index contributed by atoms with van der Waals surface area (Å²) < 4.78 is 5.62. The Balaban J connectivity index is 1.83. The fourth-order valence-corrected chi connectivity index (χ4v) is 3.46. The van der Waals surface area contributed by atoms with Gasteiger partial charge in [-0.3, -0.25) is 4.79 Å². The van der Waals surface area contributed by atoms with Crippen molar-refractivity contribution < 1.29 is 9.53 Å². The van der Waals surface area contributed by atoms with Gasteiger partial charge in [0.05, 0.1) is 11.0 Å². The van der Waals surface area contributed by atoms with Crippen LogP contribution in [0.1, 0.15) is 40.4 Å². The molecule has 18 heavy (non-hydrogen) atoms. The normalized spacial score (nSPS) is 19.1. The van der Waals surface area contributed by atoms with E-state index in [1.807, 2.05) is 23.9 Å². The van der Waals surface area contributed by atoms with Crippen molar-refractivity contribution >= 4 is 29.0 Å². The average Bonchev–Trinajstić information content (AvgIpc) is 3.03. The minimum atomic E-state index is 0.0425. The third-order valence-electron chi connectivity index (χ3n) is 2.83. The first-order valence-electron chi connectivity index (χ1n) is 6.38. The Labute approximate surface area is 116 Å². The summed E-state index contributed by atoms with van der Waals surface area (Å²) in [5, 5.41) is 2.95. The molecule has 5 heteroatoms. The predicted molar refractivity (Wildman–Crippen MR) is 77.6 cm³/mol. The van der Waals surface area contributed by atoms with Gasteiger partial charge in [-0.05, 0) is 30.7 Å². The third kappa shape index (κ3) is 3.73. The van der Waals surface area contributed by atoms with Crippen molar-refractivity contribution in [2.24, 2.45) is 0 Å². The zero-order valence-corrected chi connectivity index (χ0v) is 12.2. The minimum absolute atomic E-state index is 0.0425. The summed E-state index contributed by atoms with van der Waals surface area (Å²) in [6.07, 6.45) is 2.42. The summed E-state index contributed by atoms with van der Waals surface area (Å²) in [6, 6.07) is 3.93. The summed E-state index contributed by atoms with van der Waals surface area (Å²) in [7, 11) is 0. The molecule has 2 rings (SSSR count). The Hall–Kier alpha value is -0.520. The quantitative estimate of drug-likeness (QED) is 0.816. The van der Waals surface area contributed by atoms with Gasteiger partial charge in [0.15, 0.2) is 0 Å². The number of carbonyl (C=O) groups excluding carboxylic acids is 1. The van der Waals surface area contributed by atoms with Crippen molar-refractivity contribution in [2.45, 2.75) is 25.9 Å². The highest BCUT2D eigenvalue weighted by Crippen LogP contribution is 2.33. The lowest BCUT2D eigenvalue weighted by Gasteiger charge is -2.05. The number of thiophene rings is 1. The van der Waals surface area contributed by atoms with Crippen molar-refractivity contribution in [1.82, 2.24) is 5.32 Å². The van der Waals surface area contributed by atoms with Crippen LogP contribution in [0.15, 0.2) is 12.1 Å². The monoisotopic (exact) mass is 285 g/mol. The van der Waals surface area contributed by atoms with Gasteiger partial charge in [0.25, 0.3) is 5.91 Å². The number of hydrogen-bond acceptors (Lipinski definition) is 4. The van der Waals surface area contributed by atoms with Crippen LogP contribution in [0.25, 0.3) is 0 Å². The van der Waals surface area contributed by atoms with E-state index in [1.165, 1.54) is 4.88 Å². The van der Waals surface area contributed by atoms with Gasteiger partial charge in [0.2, 0.25) is 0 Å². The second-order valence-electron chi connectivity index (χ2n) is 4.16. The SMILES string of the molecule is CCSCCNC(=O)c1ccc([C@H]2CCCO2)s1.